The molecule has 0 saturated carbocycles. The molecular weight excluding hydrogens is 413 g/mol. The highest BCUT2D eigenvalue weighted by atomic mass is 35.5. The van der Waals surface area contributed by atoms with Crippen LogP contribution in [0.25, 0.3) is 0 Å². The SMILES string of the molecule is Cc1ccc(CN(C[C@@H]2CCCO2)C(=S)Nc2ccc(C(F)(F)F)c(Cl)c2)o1. The molecular formula is C19H20ClF3N2O2S. The van der Waals surface area contributed by atoms with Gasteiger partial charge >= 0.3 is 6.18 Å². The summed E-state index contributed by atoms with van der Waals surface area (Å²) in [5.41, 5.74) is -0.496. The van der Waals surface area contributed by atoms with Gasteiger partial charge in [-0.3, -0.25) is 0 Å². The second-order valence-electron chi connectivity index (χ2n) is 6.65. The lowest BCUT2D eigenvalue weighted by Gasteiger charge is -2.27. The third-order valence-corrected chi connectivity index (χ3v) is 5.08. The molecule has 2 aromatic rings. The Morgan fingerprint density at radius 1 is 1.32 bits per heavy atom. The van der Waals surface area contributed by atoms with Gasteiger partial charge < -0.3 is 19.4 Å². The van der Waals surface area contributed by atoms with E-state index in [4.69, 9.17) is 33.0 Å². The highest BCUT2D eigenvalue weighted by Crippen LogP contribution is 2.36. The number of hydrogen-bond donors (Lipinski definition) is 1. The molecule has 0 amide bonds. The van der Waals surface area contributed by atoms with Crippen LogP contribution in [-0.2, 0) is 17.5 Å². The van der Waals surface area contributed by atoms with Gasteiger partial charge in [-0.25, -0.2) is 0 Å². The summed E-state index contributed by atoms with van der Waals surface area (Å²) in [5.74, 6) is 1.53. The number of rotatable bonds is 5. The summed E-state index contributed by atoms with van der Waals surface area (Å²) in [6, 6.07) is 7.20. The van der Waals surface area contributed by atoms with Crippen LogP contribution in [0.3, 0.4) is 0 Å². The van der Waals surface area contributed by atoms with Gasteiger partial charge in [0.15, 0.2) is 5.11 Å². The van der Waals surface area contributed by atoms with Crippen molar-refractivity contribution in [3.05, 3.63) is 52.4 Å². The number of halogens is 4. The molecule has 1 aliphatic rings. The van der Waals surface area contributed by atoms with Crippen LogP contribution in [-0.4, -0.2) is 29.3 Å². The molecule has 9 heteroatoms. The molecule has 1 fully saturated rings. The van der Waals surface area contributed by atoms with Crippen molar-refractivity contribution in [3.8, 4) is 0 Å². The maximum absolute atomic E-state index is 12.9. The molecule has 1 aliphatic heterocycles. The summed E-state index contributed by atoms with van der Waals surface area (Å²) >= 11 is 11.3. The largest absolute Gasteiger partial charge is 0.464 e. The average molecular weight is 433 g/mol. The first kappa shape index (κ1) is 21.0. The number of anilines is 1. The fourth-order valence-corrected chi connectivity index (χ4v) is 3.58. The Morgan fingerprint density at radius 3 is 2.68 bits per heavy atom. The van der Waals surface area contributed by atoms with E-state index in [1.165, 1.54) is 12.1 Å². The predicted molar refractivity (Wildman–Crippen MR) is 106 cm³/mol. The average Bonchev–Trinajstić information content (AvgIpc) is 3.25. The number of hydrogen-bond acceptors (Lipinski definition) is 3. The highest BCUT2D eigenvalue weighted by Gasteiger charge is 2.33. The van der Waals surface area contributed by atoms with Gasteiger partial charge in [0.05, 0.1) is 23.2 Å². The van der Waals surface area contributed by atoms with Crippen molar-refractivity contribution < 1.29 is 22.3 Å². The van der Waals surface area contributed by atoms with Gasteiger partial charge in [-0.1, -0.05) is 11.6 Å². The Morgan fingerprint density at radius 2 is 2.11 bits per heavy atom. The van der Waals surface area contributed by atoms with Crippen LogP contribution in [0.15, 0.2) is 34.7 Å². The molecule has 4 nitrogen and oxygen atoms in total. The lowest BCUT2D eigenvalue weighted by atomic mass is 10.2. The third kappa shape index (κ3) is 5.40. The van der Waals surface area contributed by atoms with E-state index in [9.17, 15) is 13.2 Å². The van der Waals surface area contributed by atoms with Crippen molar-refractivity contribution in [3.63, 3.8) is 0 Å². The number of thiocarbonyl (C=S) groups is 1. The molecule has 28 heavy (non-hydrogen) atoms. The van der Waals surface area contributed by atoms with Gasteiger partial charge in [-0.05, 0) is 62.3 Å². The molecule has 3 rings (SSSR count). The van der Waals surface area contributed by atoms with Crippen LogP contribution in [0, 0.1) is 6.92 Å². The van der Waals surface area contributed by atoms with Gasteiger partial charge in [0.25, 0.3) is 0 Å². The fraction of sp³-hybridized carbons (Fsp3) is 0.421. The van der Waals surface area contributed by atoms with E-state index in [1.807, 2.05) is 24.0 Å². The zero-order valence-electron chi connectivity index (χ0n) is 15.2. The van der Waals surface area contributed by atoms with Crippen molar-refractivity contribution in [2.45, 2.75) is 38.6 Å². The van der Waals surface area contributed by atoms with Crippen molar-refractivity contribution in [1.29, 1.82) is 0 Å². The maximum Gasteiger partial charge on any atom is 0.417 e. The Kier molecular flexibility index (Phi) is 6.52. The van der Waals surface area contributed by atoms with Crippen LogP contribution in [0.4, 0.5) is 18.9 Å². The van der Waals surface area contributed by atoms with Crippen LogP contribution in [0.2, 0.25) is 5.02 Å². The number of aryl methyl sites for hydroxylation is 1. The fourth-order valence-electron chi connectivity index (χ4n) is 3.04. The number of alkyl halides is 3. The standard InChI is InChI=1S/C19H20ClF3N2O2S/c1-12-4-6-15(27-12)11-25(10-14-3-2-8-26-14)18(28)24-13-5-7-16(17(20)9-13)19(21,22)23/h4-7,9,14H,2-3,8,10-11H2,1H3,(H,24,28)/t14-/m0/s1. The van der Waals surface area contributed by atoms with E-state index in [1.54, 1.807) is 0 Å². The number of furan rings is 1. The van der Waals surface area contributed by atoms with Gasteiger partial charge in [0.1, 0.15) is 11.5 Å². The molecule has 1 aromatic heterocycles. The summed E-state index contributed by atoms with van der Waals surface area (Å²) in [4.78, 5) is 1.88. The van der Waals surface area contributed by atoms with Crippen LogP contribution < -0.4 is 5.32 Å². The maximum atomic E-state index is 12.9. The van der Waals surface area contributed by atoms with E-state index in [-0.39, 0.29) is 11.1 Å². The van der Waals surface area contributed by atoms with E-state index >= 15 is 0 Å². The topological polar surface area (TPSA) is 37.6 Å². The Balaban J connectivity index is 1.73. The summed E-state index contributed by atoms with van der Waals surface area (Å²) in [5, 5.41) is 2.95. The molecule has 0 aliphatic carbocycles. The van der Waals surface area contributed by atoms with Crippen LogP contribution in [0.5, 0.6) is 0 Å². The highest BCUT2D eigenvalue weighted by molar-refractivity contribution is 7.80. The number of nitrogens with zero attached hydrogens (tertiary/aromatic N) is 1. The molecule has 0 unspecified atom stereocenters. The first-order valence-corrected chi connectivity index (χ1v) is 9.60. The van der Waals surface area contributed by atoms with Crippen molar-refractivity contribution in [2.24, 2.45) is 0 Å². The molecule has 0 spiro atoms. The van der Waals surface area contributed by atoms with Crippen molar-refractivity contribution >= 4 is 34.6 Å². The molecule has 1 atom stereocenters. The normalized spacial score (nSPS) is 17.0. The molecule has 1 N–H and O–H groups in total. The summed E-state index contributed by atoms with van der Waals surface area (Å²) < 4.78 is 50.0. The predicted octanol–water partition coefficient (Wildman–Crippen LogP) is 5.64. The van der Waals surface area contributed by atoms with E-state index in [2.05, 4.69) is 5.32 Å². The first-order valence-electron chi connectivity index (χ1n) is 8.82. The molecule has 1 aromatic carbocycles. The minimum absolute atomic E-state index is 0.0482. The van der Waals surface area contributed by atoms with Gasteiger partial charge in [-0.2, -0.15) is 13.2 Å². The van der Waals surface area contributed by atoms with Gasteiger partial charge in [0, 0.05) is 18.8 Å². The number of ether oxygens (including phenoxy) is 1. The van der Waals surface area contributed by atoms with E-state index in [0.29, 0.717) is 30.5 Å². The summed E-state index contributed by atoms with van der Waals surface area (Å²) in [7, 11) is 0. The minimum atomic E-state index is -4.50. The Bertz CT molecular complexity index is 835. The van der Waals surface area contributed by atoms with E-state index in [0.717, 1.165) is 30.4 Å². The smallest absolute Gasteiger partial charge is 0.417 e. The van der Waals surface area contributed by atoms with Gasteiger partial charge in [-0.15, -0.1) is 0 Å². The Hall–Kier alpha value is -1.77. The molecule has 2 heterocycles. The van der Waals surface area contributed by atoms with E-state index < -0.39 is 11.7 Å². The Labute approximate surface area is 171 Å². The zero-order chi connectivity index (χ0) is 20.3. The second-order valence-corrected chi connectivity index (χ2v) is 7.44. The molecule has 0 radical (unpaired) electrons. The second kappa shape index (κ2) is 8.71. The van der Waals surface area contributed by atoms with Crippen molar-refractivity contribution in [2.75, 3.05) is 18.5 Å². The zero-order valence-corrected chi connectivity index (χ0v) is 16.8. The number of benzene rings is 1. The van der Waals surface area contributed by atoms with Crippen molar-refractivity contribution in [1.82, 2.24) is 4.90 Å². The minimum Gasteiger partial charge on any atom is -0.464 e. The quantitative estimate of drug-likeness (QED) is 0.619. The molecule has 0 bridgehead atoms. The third-order valence-electron chi connectivity index (χ3n) is 4.40. The lowest BCUT2D eigenvalue weighted by Crippen LogP contribution is -2.39. The molecule has 152 valence electrons. The lowest BCUT2D eigenvalue weighted by molar-refractivity contribution is -0.137. The summed E-state index contributed by atoms with van der Waals surface area (Å²) in [6.07, 6.45) is -2.53. The first-order chi connectivity index (χ1) is 13.2. The van der Waals surface area contributed by atoms with Crippen LogP contribution >= 0.6 is 23.8 Å². The molecule has 1 saturated heterocycles. The van der Waals surface area contributed by atoms with Gasteiger partial charge in [0.2, 0.25) is 0 Å². The monoisotopic (exact) mass is 432 g/mol. The van der Waals surface area contributed by atoms with Crippen LogP contribution in [0.1, 0.15) is 29.9 Å². The summed E-state index contributed by atoms with van der Waals surface area (Å²) in [6.45, 7) is 3.55. The number of nitrogens with one attached hydrogen (secondary N) is 1.